The van der Waals surface area contributed by atoms with E-state index in [9.17, 15) is 0 Å². The van der Waals surface area contributed by atoms with Crippen LogP contribution in [0.4, 0.5) is 5.69 Å². The van der Waals surface area contributed by atoms with Gasteiger partial charge in [0.15, 0.2) is 0 Å². The van der Waals surface area contributed by atoms with Gasteiger partial charge in [-0.3, -0.25) is 5.10 Å². The van der Waals surface area contributed by atoms with Crippen LogP contribution in [0.1, 0.15) is 31.9 Å². The highest BCUT2D eigenvalue weighted by Crippen LogP contribution is 2.23. The number of nitrogens with one attached hydrogen (secondary N) is 1. The maximum atomic E-state index is 5.88. The van der Waals surface area contributed by atoms with Crippen LogP contribution in [0.3, 0.4) is 0 Å². The van der Waals surface area contributed by atoms with Gasteiger partial charge in [0.25, 0.3) is 0 Å². The number of H-pyrrole nitrogens is 1. The lowest BCUT2D eigenvalue weighted by Gasteiger charge is -2.06. The van der Waals surface area contributed by atoms with Crippen molar-refractivity contribution in [3.8, 4) is 22.8 Å². The van der Waals surface area contributed by atoms with Gasteiger partial charge in [-0.25, -0.2) is 0 Å². The standard InChI is InChI=1S/C21H25N3O2/c1-2-3-6-13-25-18-11-9-16(10-12-18)20-14-17(23-24-20)15-26-21-8-5-4-7-19(21)22/h4-5,7-12,14H,2-3,6,13,15,22H2,1H3,(H,23,24). The minimum absolute atomic E-state index is 0.389. The summed E-state index contributed by atoms with van der Waals surface area (Å²) in [5.41, 5.74) is 9.31. The summed E-state index contributed by atoms with van der Waals surface area (Å²) in [6, 6.07) is 17.4. The average Bonchev–Trinajstić information content (AvgIpc) is 3.14. The van der Waals surface area contributed by atoms with E-state index >= 15 is 0 Å². The molecule has 3 N–H and O–H groups in total. The van der Waals surface area contributed by atoms with Crippen LogP contribution in [0.25, 0.3) is 11.3 Å². The number of ether oxygens (including phenoxy) is 2. The van der Waals surface area contributed by atoms with Gasteiger partial charge in [-0.15, -0.1) is 0 Å². The quantitative estimate of drug-likeness (QED) is 0.429. The molecular formula is C21H25N3O2. The van der Waals surface area contributed by atoms with Gasteiger partial charge in [0.1, 0.15) is 18.1 Å². The summed E-state index contributed by atoms with van der Waals surface area (Å²) in [6.07, 6.45) is 3.49. The number of aromatic amines is 1. The number of unbranched alkanes of at least 4 members (excludes halogenated alkanes) is 2. The van der Waals surface area contributed by atoms with Crippen LogP contribution in [0.15, 0.2) is 54.6 Å². The molecule has 0 aliphatic rings. The molecule has 0 aliphatic heterocycles. The lowest BCUT2D eigenvalue weighted by molar-refractivity contribution is 0.303. The molecule has 0 atom stereocenters. The Bertz CT molecular complexity index is 812. The Hall–Kier alpha value is -2.95. The summed E-state index contributed by atoms with van der Waals surface area (Å²) in [4.78, 5) is 0. The van der Waals surface area contributed by atoms with Crippen molar-refractivity contribution in [2.45, 2.75) is 32.8 Å². The highest BCUT2D eigenvalue weighted by Gasteiger charge is 2.06. The van der Waals surface area contributed by atoms with Crippen LogP contribution < -0.4 is 15.2 Å². The number of benzene rings is 2. The molecule has 0 fully saturated rings. The molecular weight excluding hydrogens is 326 g/mol. The van der Waals surface area contributed by atoms with Crippen LogP contribution in [-0.4, -0.2) is 16.8 Å². The van der Waals surface area contributed by atoms with E-state index in [4.69, 9.17) is 15.2 Å². The van der Waals surface area contributed by atoms with Gasteiger partial charge in [0, 0.05) is 5.56 Å². The van der Waals surface area contributed by atoms with Crippen molar-refractivity contribution in [1.29, 1.82) is 0 Å². The Kier molecular flexibility index (Phi) is 6.14. The largest absolute Gasteiger partial charge is 0.494 e. The van der Waals surface area contributed by atoms with E-state index in [1.165, 1.54) is 12.8 Å². The van der Waals surface area contributed by atoms with Crippen LogP contribution in [0, 0.1) is 0 Å². The fraction of sp³-hybridized carbons (Fsp3) is 0.286. The number of nitrogens with zero attached hydrogens (tertiary/aromatic N) is 1. The van der Waals surface area contributed by atoms with Crippen molar-refractivity contribution in [3.63, 3.8) is 0 Å². The molecule has 1 heterocycles. The van der Waals surface area contributed by atoms with E-state index < -0.39 is 0 Å². The lowest BCUT2D eigenvalue weighted by atomic mass is 10.1. The molecule has 0 spiro atoms. The first-order valence-corrected chi connectivity index (χ1v) is 9.01. The van der Waals surface area contributed by atoms with Gasteiger partial charge in [-0.1, -0.05) is 31.9 Å². The monoisotopic (exact) mass is 351 g/mol. The summed E-state index contributed by atoms with van der Waals surface area (Å²) in [7, 11) is 0. The second-order valence-corrected chi connectivity index (χ2v) is 6.18. The maximum Gasteiger partial charge on any atom is 0.142 e. The van der Waals surface area contributed by atoms with Crippen molar-refractivity contribution in [1.82, 2.24) is 10.2 Å². The SMILES string of the molecule is CCCCCOc1ccc(-c2cc(COc3ccccc3N)[nH]n2)cc1. The zero-order valence-corrected chi connectivity index (χ0v) is 15.1. The minimum atomic E-state index is 0.389. The molecule has 0 saturated heterocycles. The molecule has 26 heavy (non-hydrogen) atoms. The van der Waals surface area contributed by atoms with Gasteiger partial charge in [0.05, 0.1) is 23.7 Å². The lowest BCUT2D eigenvalue weighted by Crippen LogP contribution is -1.98. The average molecular weight is 351 g/mol. The van der Waals surface area contributed by atoms with E-state index in [0.717, 1.165) is 35.7 Å². The summed E-state index contributed by atoms with van der Waals surface area (Å²) < 4.78 is 11.5. The molecule has 3 rings (SSSR count). The van der Waals surface area contributed by atoms with E-state index in [1.807, 2.05) is 54.6 Å². The van der Waals surface area contributed by atoms with Gasteiger partial charge in [-0.05, 0) is 48.9 Å². The molecule has 0 saturated carbocycles. The predicted octanol–water partition coefficient (Wildman–Crippen LogP) is 4.81. The molecule has 3 aromatic rings. The Morgan fingerprint density at radius 1 is 1.00 bits per heavy atom. The maximum absolute atomic E-state index is 5.88. The molecule has 2 aromatic carbocycles. The zero-order valence-electron chi connectivity index (χ0n) is 15.1. The van der Waals surface area contributed by atoms with E-state index in [2.05, 4.69) is 17.1 Å². The summed E-state index contributed by atoms with van der Waals surface area (Å²) in [5.74, 6) is 1.57. The molecule has 136 valence electrons. The predicted molar refractivity (Wildman–Crippen MR) is 104 cm³/mol. The van der Waals surface area contributed by atoms with Crippen molar-refractivity contribution < 1.29 is 9.47 Å². The second kappa shape index (κ2) is 8.94. The van der Waals surface area contributed by atoms with Crippen molar-refractivity contribution in [3.05, 3.63) is 60.3 Å². The van der Waals surface area contributed by atoms with Crippen molar-refractivity contribution >= 4 is 5.69 Å². The number of nitrogen functional groups attached to an aromatic ring is 1. The third kappa shape index (κ3) is 4.79. The number of aromatic nitrogens is 2. The first kappa shape index (κ1) is 17.9. The second-order valence-electron chi connectivity index (χ2n) is 6.18. The number of para-hydroxylation sites is 2. The third-order valence-corrected chi connectivity index (χ3v) is 4.10. The summed E-state index contributed by atoms with van der Waals surface area (Å²) >= 11 is 0. The van der Waals surface area contributed by atoms with E-state index in [-0.39, 0.29) is 0 Å². The first-order valence-electron chi connectivity index (χ1n) is 9.01. The molecule has 0 aliphatic carbocycles. The first-order chi connectivity index (χ1) is 12.8. The number of rotatable bonds is 9. The number of anilines is 1. The van der Waals surface area contributed by atoms with Gasteiger partial charge < -0.3 is 15.2 Å². The Balaban J connectivity index is 1.56. The third-order valence-electron chi connectivity index (χ3n) is 4.10. The van der Waals surface area contributed by atoms with Gasteiger partial charge >= 0.3 is 0 Å². The van der Waals surface area contributed by atoms with Crippen molar-refractivity contribution in [2.24, 2.45) is 0 Å². The normalized spacial score (nSPS) is 10.7. The Morgan fingerprint density at radius 3 is 2.58 bits per heavy atom. The van der Waals surface area contributed by atoms with E-state index in [0.29, 0.717) is 18.0 Å². The van der Waals surface area contributed by atoms with E-state index in [1.54, 1.807) is 0 Å². The number of hydrogen-bond donors (Lipinski definition) is 2. The van der Waals surface area contributed by atoms with Gasteiger partial charge in [0.2, 0.25) is 0 Å². The molecule has 0 unspecified atom stereocenters. The van der Waals surface area contributed by atoms with Crippen molar-refractivity contribution in [2.75, 3.05) is 12.3 Å². The molecule has 0 amide bonds. The number of hydrogen-bond acceptors (Lipinski definition) is 4. The fourth-order valence-electron chi connectivity index (χ4n) is 2.61. The number of nitrogens with two attached hydrogens (primary N) is 1. The fourth-order valence-corrected chi connectivity index (χ4v) is 2.61. The summed E-state index contributed by atoms with van der Waals surface area (Å²) in [5, 5.41) is 7.37. The molecule has 0 bridgehead atoms. The van der Waals surface area contributed by atoms with Gasteiger partial charge in [-0.2, -0.15) is 5.10 Å². The molecule has 1 aromatic heterocycles. The molecule has 5 nitrogen and oxygen atoms in total. The highest BCUT2D eigenvalue weighted by atomic mass is 16.5. The molecule has 5 heteroatoms. The van der Waals surface area contributed by atoms with Crippen LogP contribution >= 0.6 is 0 Å². The Labute approximate surface area is 154 Å². The topological polar surface area (TPSA) is 73.2 Å². The highest BCUT2D eigenvalue weighted by molar-refractivity contribution is 5.60. The molecule has 0 radical (unpaired) electrons. The minimum Gasteiger partial charge on any atom is -0.494 e. The van der Waals surface area contributed by atoms with Crippen LogP contribution in [0.5, 0.6) is 11.5 Å². The van der Waals surface area contributed by atoms with Crippen LogP contribution in [0.2, 0.25) is 0 Å². The zero-order chi connectivity index (χ0) is 18.2. The smallest absolute Gasteiger partial charge is 0.142 e. The summed E-state index contributed by atoms with van der Waals surface area (Å²) in [6.45, 7) is 3.34. The van der Waals surface area contributed by atoms with Crippen LogP contribution in [-0.2, 0) is 6.61 Å². The Morgan fingerprint density at radius 2 is 1.81 bits per heavy atom.